The quantitative estimate of drug-likeness (QED) is 0.394. The van der Waals surface area contributed by atoms with Crippen molar-refractivity contribution in [2.45, 2.75) is 25.4 Å². The lowest BCUT2D eigenvalue weighted by Crippen LogP contribution is -2.45. The van der Waals surface area contributed by atoms with E-state index in [0.29, 0.717) is 12.8 Å². The molecule has 7 heteroatoms. The van der Waals surface area contributed by atoms with Gasteiger partial charge in [0.25, 0.3) is 5.91 Å². The first kappa shape index (κ1) is 19.8. The topological polar surface area (TPSA) is 64.4 Å². The van der Waals surface area contributed by atoms with Crippen molar-refractivity contribution in [2.24, 2.45) is 0 Å². The molecule has 2 amide bonds. The number of likely N-dealkylation sites (tertiary alicyclic amines) is 1. The molecule has 1 aliphatic rings. The number of benzene rings is 2. The highest BCUT2D eigenvalue weighted by atomic mass is 79.9. The maximum absolute atomic E-state index is 13.6. The van der Waals surface area contributed by atoms with Gasteiger partial charge in [-0.15, -0.1) is 0 Å². The van der Waals surface area contributed by atoms with Crippen LogP contribution >= 0.6 is 15.9 Å². The molecule has 1 atom stereocenters. The summed E-state index contributed by atoms with van der Waals surface area (Å²) < 4.78 is 8.14. The van der Waals surface area contributed by atoms with Gasteiger partial charge < -0.3 is 9.30 Å². The largest absolute Gasteiger partial charge is 0.497 e. The summed E-state index contributed by atoms with van der Waals surface area (Å²) in [6.07, 6.45) is 2.51. The summed E-state index contributed by atoms with van der Waals surface area (Å²) in [5.74, 6) is 0.392. The number of methoxy groups -OCH3 is 1. The Hall–Kier alpha value is -3.19. The highest BCUT2D eigenvalue weighted by Crippen LogP contribution is 2.38. The van der Waals surface area contributed by atoms with Crippen molar-refractivity contribution in [3.05, 3.63) is 70.8 Å². The van der Waals surface area contributed by atoms with Gasteiger partial charge in [-0.25, -0.2) is 4.98 Å². The van der Waals surface area contributed by atoms with Crippen LogP contribution in [0.15, 0.2) is 65.3 Å². The van der Waals surface area contributed by atoms with Gasteiger partial charge in [0.2, 0.25) is 5.91 Å². The van der Waals surface area contributed by atoms with Gasteiger partial charge in [-0.1, -0.05) is 34.1 Å². The van der Waals surface area contributed by atoms with Crippen LogP contribution in [0.1, 0.15) is 24.4 Å². The van der Waals surface area contributed by atoms with E-state index in [9.17, 15) is 9.59 Å². The minimum atomic E-state index is -0.486. The fourth-order valence-electron chi connectivity index (χ4n) is 4.33. The standard InChI is InChI=1S/C24H20BrN3O3/c1-31-16-9-7-15(8-10-16)14-27-21(29)12-11-20(24(27)30)28-19-6-2-5-18(25)22(19)17-4-3-13-26-23(17)28/h2-10,13,20H,11-12,14H2,1H3. The third-order valence-electron chi connectivity index (χ3n) is 5.83. The second-order valence-corrected chi connectivity index (χ2v) is 8.45. The maximum atomic E-state index is 13.6. The van der Waals surface area contributed by atoms with Gasteiger partial charge in [0.1, 0.15) is 17.4 Å². The molecule has 3 heterocycles. The summed E-state index contributed by atoms with van der Waals surface area (Å²) in [4.78, 5) is 32.2. The molecule has 6 nitrogen and oxygen atoms in total. The smallest absolute Gasteiger partial charge is 0.252 e. The van der Waals surface area contributed by atoms with Gasteiger partial charge in [-0.05, 0) is 48.4 Å². The van der Waals surface area contributed by atoms with E-state index in [1.165, 1.54) is 4.90 Å². The number of piperidine rings is 1. The summed E-state index contributed by atoms with van der Waals surface area (Å²) in [5, 5.41) is 2.01. The zero-order valence-corrected chi connectivity index (χ0v) is 18.5. The van der Waals surface area contributed by atoms with E-state index < -0.39 is 6.04 Å². The zero-order valence-electron chi connectivity index (χ0n) is 16.9. The average Bonchev–Trinajstić information content (AvgIpc) is 3.13. The number of hydrogen-bond acceptors (Lipinski definition) is 4. The number of hydrogen-bond donors (Lipinski definition) is 0. The van der Waals surface area contributed by atoms with Gasteiger partial charge in [0, 0.05) is 27.9 Å². The number of pyridine rings is 1. The van der Waals surface area contributed by atoms with Gasteiger partial charge in [0.15, 0.2) is 0 Å². The Bertz CT molecular complexity index is 1310. The SMILES string of the molecule is COc1ccc(CN2C(=O)CCC(n3c4cccc(Br)c4c4cccnc43)C2=O)cc1. The lowest BCUT2D eigenvalue weighted by atomic mass is 10.0. The molecule has 156 valence electrons. The molecule has 0 bridgehead atoms. The van der Waals surface area contributed by atoms with E-state index >= 15 is 0 Å². The molecule has 1 fully saturated rings. The number of ether oxygens (including phenoxy) is 1. The molecule has 1 saturated heterocycles. The third-order valence-corrected chi connectivity index (χ3v) is 6.49. The molecule has 0 radical (unpaired) electrons. The third kappa shape index (κ3) is 3.29. The Morgan fingerprint density at radius 2 is 1.90 bits per heavy atom. The maximum Gasteiger partial charge on any atom is 0.252 e. The number of nitrogens with zero attached hydrogens (tertiary/aromatic N) is 3. The first-order valence-electron chi connectivity index (χ1n) is 10.1. The van der Waals surface area contributed by atoms with Gasteiger partial charge in [0.05, 0.1) is 19.2 Å². The number of aromatic nitrogens is 2. The molecule has 1 aliphatic heterocycles. The van der Waals surface area contributed by atoms with E-state index in [1.54, 1.807) is 13.3 Å². The van der Waals surface area contributed by atoms with Crippen molar-refractivity contribution >= 4 is 49.7 Å². The fourth-order valence-corrected chi connectivity index (χ4v) is 4.90. The van der Waals surface area contributed by atoms with Gasteiger partial charge in [-0.3, -0.25) is 14.5 Å². The Kier molecular flexibility index (Phi) is 4.98. The molecule has 5 rings (SSSR count). The van der Waals surface area contributed by atoms with Crippen molar-refractivity contribution in [1.82, 2.24) is 14.5 Å². The molecule has 0 saturated carbocycles. The molecule has 4 aromatic rings. The van der Waals surface area contributed by atoms with Crippen LogP contribution in [0.25, 0.3) is 21.9 Å². The van der Waals surface area contributed by atoms with Crippen molar-refractivity contribution in [1.29, 1.82) is 0 Å². The Morgan fingerprint density at radius 3 is 2.68 bits per heavy atom. The number of halogens is 1. The minimum absolute atomic E-state index is 0.146. The Labute approximate surface area is 187 Å². The Balaban J connectivity index is 1.57. The van der Waals surface area contributed by atoms with Gasteiger partial charge >= 0.3 is 0 Å². The monoisotopic (exact) mass is 477 g/mol. The average molecular weight is 478 g/mol. The summed E-state index contributed by atoms with van der Waals surface area (Å²) in [5.41, 5.74) is 2.56. The molecule has 1 unspecified atom stereocenters. The number of rotatable bonds is 4. The highest BCUT2D eigenvalue weighted by molar-refractivity contribution is 9.10. The van der Waals surface area contributed by atoms with Crippen molar-refractivity contribution < 1.29 is 14.3 Å². The fraction of sp³-hybridized carbons (Fsp3) is 0.208. The molecular weight excluding hydrogens is 458 g/mol. The molecule has 2 aromatic carbocycles. The van der Waals surface area contributed by atoms with Crippen LogP contribution in [0.2, 0.25) is 0 Å². The van der Waals surface area contributed by atoms with Crippen LogP contribution in [0.4, 0.5) is 0 Å². The molecule has 0 N–H and O–H groups in total. The number of carbonyl (C=O) groups is 2. The molecule has 2 aromatic heterocycles. The van der Waals surface area contributed by atoms with Crippen LogP contribution < -0.4 is 4.74 Å². The summed E-state index contributed by atoms with van der Waals surface area (Å²) >= 11 is 3.65. The van der Waals surface area contributed by atoms with Crippen molar-refractivity contribution in [3.63, 3.8) is 0 Å². The van der Waals surface area contributed by atoms with Crippen LogP contribution in [-0.4, -0.2) is 33.4 Å². The predicted octanol–water partition coefficient (Wildman–Crippen LogP) is 4.85. The van der Waals surface area contributed by atoms with Crippen LogP contribution in [0.5, 0.6) is 5.75 Å². The van der Waals surface area contributed by atoms with E-state index in [0.717, 1.165) is 37.7 Å². The van der Waals surface area contributed by atoms with E-state index in [1.807, 2.05) is 59.2 Å². The first-order chi connectivity index (χ1) is 15.1. The second kappa shape index (κ2) is 7.81. The lowest BCUT2D eigenvalue weighted by molar-refractivity contribution is -0.151. The normalized spacial score (nSPS) is 17.0. The highest BCUT2D eigenvalue weighted by Gasteiger charge is 2.37. The van der Waals surface area contributed by atoms with E-state index in [4.69, 9.17) is 4.74 Å². The van der Waals surface area contributed by atoms with E-state index in [-0.39, 0.29) is 18.4 Å². The zero-order chi connectivity index (χ0) is 21.5. The predicted molar refractivity (Wildman–Crippen MR) is 122 cm³/mol. The molecule has 0 spiro atoms. The van der Waals surface area contributed by atoms with Crippen molar-refractivity contribution in [3.8, 4) is 5.75 Å². The Morgan fingerprint density at radius 1 is 1.10 bits per heavy atom. The van der Waals surface area contributed by atoms with Crippen LogP contribution in [0, 0.1) is 0 Å². The van der Waals surface area contributed by atoms with Crippen LogP contribution in [0.3, 0.4) is 0 Å². The number of imide groups is 1. The molecule has 0 aliphatic carbocycles. The minimum Gasteiger partial charge on any atom is -0.497 e. The molecule has 31 heavy (non-hydrogen) atoms. The number of amides is 2. The molecular formula is C24H20BrN3O3. The summed E-state index contributed by atoms with van der Waals surface area (Å²) in [7, 11) is 1.61. The van der Waals surface area contributed by atoms with Gasteiger partial charge in [-0.2, -0.15) is 0 Å². The summed E-state index contributed by atoms with van der Waals surface area (Å²) in [6, 6.07) is 16.8. The van der Waals surface area contributed by atoms with E-state index in [2.05, 4.69) is 20.9 Å². The van der Waals surface area contributed by atoms with Crippen LogP contribution in [-0.2, 0) is 16.1 Å². The first-order valence-corrected chi connectivity index (χ1v) is 10.9. The lowest BCUT2D eigenvalue weighted by Gasteiger charge is -2.32. The van der Waals surface area contributed by atoms with Crippen molar-refractivity contribution in [2.75, 3.05) is 7.11 Å². The number of fused-ring (bicyclic) bond motifs is 3. The second-order valence-electron chi connectivity index (χ2n) is 7.60. The number of carbonyl (C=O) groups excluding carboxylic acids is 2. The summed E-state index contributed by atoms with van der Waals surface area (Å²) in [6.45, 7) is 0.242.